The second-order valence-electron chi connectivity index (χ2n) is 7.87. The number of fused-ring (bicyclic) bond motifs is 1. The quantitative estimate of drug-likeness (QED) is 0.546. The maximum Gasteiger partial charge on any atom is 0.251 e. The van der Waals surface area contributed by atoms with Crippen molar-refractivity contribution in [3.05, 3.63) is 96.1 Å². The van der Waals surface area contributed by atoms with Gasteiger partial charge in [0, 0.05) is 0 Å². The van der Waals surface area contributed by atoms with E-state index in [2.05, 4.69) is 16.0 Å². The highest BCUT2D eigenvalue weighted by Gasteiger charge is 2.37. The Labute approximate surface area is 192 Å². The molecule has 0 saturated heterocycles. The van der Waals surface area contributed by atoms with Crippen LogP contribution in [0.1, 0.15) is 24.2 Å². The first-order chi connectivity index (χ1) is 16.0. The first-order valence-corrected chi connectivity index (χ1v) is 10.8. The molecule has 0 fully saturated rings. The van der Waals surface area contributed by atoms with Gasteiger partial charge in [-0.3, -0.25) is 14.4 Å². The van der Waals surface area contributed by atoms with Crippen molar-refractivity contribution in [3.8, 4) is 5.75 Å². The van der Waals surface area contributed by atoms with Crippen LogP contribution >= 0.6 is 0 Å². The molecule has 7 nitrogen and oxygen atoms in total. The monoisotopic (exact) mass is 443 g/mol. The lowest BCUT2D eigenvalue weighted by Crippen LogP contribution is -2.54. The van der Waals surface area contributed by atoms with E-state index in [1.807, 2.05) is 66.7 Å². The summed E-state index contributed by atoms with van der Waals surface area (Å²) in [5.41, 5.74) is 2.13. The van der Waals surface area contributed by atoms with Crippen LogP contribution in [-0.4, -0.2) is 29.8 Å². The number of carbonyl (C=O) groups excluding carboxylic acids is 3. The largest absolute Gasteiger partial charge is 0.481 e. The van der Waals surface area contributed by atoms with Gasteiger partial charge in [-0.2, -0.15) is 0 Å². The number of nitrogens with one attached hydrogen (secondary N) is 3. The van der Waals surface area contributed by atoms with Gasteiger partial charge >= 0.3 is 0 Å². The van der Waals surface area contributed by atoms with Crippen molar-refractivity contribution in [3.63, 3.8) is 0 Å². The standard InChI is InChI=1S/C26H25N3O4/c1-17(27-22(30)16-18-10-4-2-5-11-18)25(31)29-23-24(19-12-6-3-7-13-19)33-21-15-9-8-14-20(21)28-26(23)32/h2-15,17,23-24H,16H2,1H3,(H,27,30)(H,28,32)(H,29,31)/t17-,23-,24+/m0/s1. The molecule has 3 aromatic carbocycles. The van der Waals surface area contributed by atoms with E-state index in [0.29, 0.717) is 11.4 Å². The van der Waals surface area contributed by atoms with Crippen LogP contribution in [0, 0.1) is 0 Å². The number of anilines is 1. The molecule has 33 heavy (non-hydrogen) atoms. The second kappa shape index (κ2) is 9.99. The summed E-state index contributed by atoms with van der Waals surface area (Å²) in [4.78, 5) is 38.4. The Kier molecular flexibility index (Phi) is 6.69. The number of carbonyl (C=O) groups is 3. The zero-order valence-corrected chi connectivity index (χ0v) is 18.2. The van der Waals surface area contributed by atoms with E-state index in [0.717, 1.165) is 11.1 Å². The van der Waals surface area contributed by atoms with Gasteiger partial charge in [-0.05, 0) is 30.2 Å². The molecule has 1 aliphatic heterocycles. The smallest absolute Gasteiger partial charge is 0.251 e. The van der Waals surface area contributed by atoms with Crippen molar-refractivity contribution in [2.45, 2.75) is 31.5 Å². The number of hydrogen-bond acceptors (Lipinski definition) is 4. The highest BCUT2D eigenvalue weighted by Crippen LogP contribution is 2.34. The molecule has 168 valence electrons. The molecular formula is C26H25N3O4. The van der Waals surface area contributed by atoms with E-state index < -0.39 is 30.0 Å². The van der Waals surface area contributed by atoms with Crippen LogP contribution in [0.2, 0.25) is 0 Å². The average molecular weight is 444 g/mol. The molecule has 0 spiro atoms. The number of benzene rings is 3. The fraction of sp³-hybridized carbons (Fsp3) is 0.192. The van der Waals surface area contributed by atoms with E-state index in [9.17, 15) is 14.4 Å². The predicted octanol–water partition coefficient (Wildman–Crippen LogP) is 2.99. The highest BCUT2D eigenvalue weighted by molar-refractivity contribution is 6.00. The van der Waals surface area contributed by atoms with Crippen LogP contribution in [-0.2, 0) is 20.8 Å². The van der Waals surface area contributed by atoms with Crippen LogP contribution in [0.3, 0.4) is 0 Å². The maximum atomic E-state index is 13.1. The summed E-state index contributed by atoms with van der Waals surface area (Å²) in [6, 6.07) is 23.8. The SMILES string of the molecule is C[C@H](NC(=O)Cc1ccccc1)C(=O)N[C@@H]1C(=O)Nc2ccccc2O[C@@H]1c1ccccc1. The third-order valence-corrected chi connectivity index (χ3v) is 5.39. The van der Waals surface area contributed by atoms with Crippen molar-refractivity contribution in [2.24, 2.45) is 0 Å². The van der Waals surface area contributed by atoms with Crippen LogP contribution in [0.15, 0.2) is 84.9 Å². The summed E-state index contributed by atoms with van der Waals surface area (Å²) in [5.74, 6) is -0.643. The summed E-state index contributed by atoms with van der Waals surface area (Å²) >= 11 is 0. The molecule has 3 aromatic rings. The van der Waals surface area contributed by atoms with E-state index in [-0.39, 0.29) is 12.3 Å². The van der Waals surface area contributed by atoms with Crippen LogP contribution < -0.4 is 20.7 Å². The topological polar surface area (TPSA) is 96.5 Å². The molecule has 0 radical (unpaired) electrons. The van der Waals surface area contributed by atoms with Crippen molar-refractivity contribution in [2.75, 3.05) is 5.32 Å². The molecule has 3 atom stereocenters. The lowest BCUT2D eigenvalue weighted by atomic mass is 10.0. The summed E-state index contributed by atoms with van der Waals surface area (Å²) in [6.45, 7) is 1.58. The number of para-hydroxylation sites is 2. The summed E-state index contributed by atoms with van der Waals surface area (Å²) in [5, 5.41) is 8.29. The molecule has 1 aliphatic rings. The molecule has 3 amide bonds. The van der Waals surface area contributed by atoms with Gasteiger partial charge in [0.15, 0.2) is 6.10 Å². The second-order valence-corrected chi connectivity index (χ2v) is 7.87. The number of ether oxygens (including phenoxy) is 1. The number of rotatable bonds is 6. The molecule has 0 saturated carbocycles. The van der Waals surface area contributed by atoms with Gasteiger partial charge in [0.1, 0.15) is 17.8 Å². The van der Waals surface area contributed by atoms with E-state index in [4.69, 9.17) is 4.74 Å². The Morgan fingerprint density at radius 1 is 0.939 bits per heavy atom. The van der Waals surface area contributed by atoms with E-state index in [1.54, 1.807) is 25.1 Å². The van der Waals surface area contributed by atoms with E-state index >= 15 is 0 Å². The van der Waals surface area contributed by atoms with Gasteiger partial charge in [-0.25, -0.2) is 0 Å². The summed E-state index contributed by atoms with van der Waals surface area (Å²) in [6.07, 6.45) is -0.584. The highest BCUT2D eigenvalue weighted by atomic mass is 16.5. The fourth-order valence-electron chi connectivity index (χ4n) is 3.69. The first-order valence-electron chi connectivity index (χ1n) is 10.8. The molecule has 0 aromatic heterocycles. The minimum Gasteiger partial charge on any atom is -0.481 e. The molecular weight excluding hydrogens is 418 g/mol. The molecule has 4 rings (SSSR count). The van der Waals surface area contributed by atoms with Crippen molar-refractivity contribution in [1.82, 2.24) is 10.6 Å². The maximum absolute atomic E-state index is 13.1. The summed E-state index contributed by atoms with van der Waals surface area (Å²) in [7, 11) is 0. The van der Waals surface area contributed by atoms with Gasteiger partial charge in [0.2, 0.25) is 11.8 Å². The Balaban J connectivity index is 1.50. The van der Waals surface area contributed by atoms with Gasteiger partial charge in [0.25, 0.3) is 5.91 Å². The Morgan fingerprint density at radius 3 is 2.30 bits per heavy atom. The first kappa shape index (κ1) is 22.1. The van der Waals surface area contributed by atoms with Crippen LogP contribution in [0.5, 0.6) is 5.75 Å². The summed E-state index contributed by atoms with van der Waals surface area (Å²) < 4.78 is 6.18. The van der Waals surface area contributed by atoms with Gasteiger partial charge in [0.05, 0.1) is 12.1 Å². The Hall–Kier alpha value is -4.13. The van der Waals surface area contributed by atoms with Crippen LogP contribution in [0.4, 0.5) is 5.69 Å². The molecule has 0 aliphatic carbocycles. The van der Waals surface area contributed by atoms with Gasteiger partial charge in [-0.1, -0.05) is 72.8 Å². The van der Waals surface area contributed by atoms with Crippen molar-refractivity contribution >= 4 is 23.4 Å². The fourth-order valence-corrected chi connectivity index (χ4v) is 3.69. The zero-order chi connectivity index (χ0) is 23.2. The third kappa shape index (κ3) is 5.38. The number of amides is 3. The zero-order valence-electron chi connectivity index (χ0n) is 18.2. The van der Waals surface area contributed by atoms with Gasteiger partial charge < -0.3 is 20.7 Å². The third-order valence-electron chi connectivity index (χ3n) is 5.39. The molecule has 1 heterocycles. The molecule has 0 bridgehead atoms. The minimum atomic E-state index is -0.999. The lowest BCUT2D eigenvalue weighted by Gasteiger charge is -2.26. The van der Waals surface area contributed by atoms with Crippen LogP contribution in [0.25, 0.3) is 0 Å². The Bertz CT molecular complexity index is 1130. The predicted molar refractivity (Wildman–Crippen MR) is 125 cm³/mol. The molecule has 0 unspecified atom stereocenters. The van der Waals surface area contributed by atoms with Crippen molar-refractivity contribution in [1.29, 1.82) is 0 Å². The van der Waals surface area contributed by atoms with Crippen molar-refractivity contribution < 1.29 is 19.1 Å². The molecule has 7 heteroatoms. The normalized spacial score (nSPS) is 18.0. The minimum absolute atomic E-state index is 0.160. The Morgan fingerprint density at radius 2 is 1.58 bits per heavy atom. The average Bonchev–Trinajstić information content (AvgIpc) is 2.96. The lowest BCUT2D eigenvalue weighted by molar-refractivity contribution is -0.131. The van der Waals surface area contributed by atoms with Gasteiger partial charge in [-0.15, -0.1) is 0 Å². The molecule has 3 N–H and O–H groups in total. The van der Waals surface area contributed by atoms with E-state index in [1.165, 1.54) is 0 Å². The number of hydrogen-bond donors (Lipinski definition) is 3.